The van der Waals surface area contributed by atoms with E-state index in [1.165, 1.54) is 18.2 Å². The third-order valence-corrected chi connectivity index (χ3v) is 2.90. The van der Waals surface area contributed by atoms with Crippen LogP contribution in [-0.4, -0.2) is 5.78 Å². The first kappa shape index (κ1) is 10.8. The second kappa shape index (κ2) is 3.84. The van der Waals surface area contributed by atoms with Gasteiger partial charge in [0.15, 0.2) is 5.78 Å². The number of hydrogen-bond donors (Lipinski definition) is 1. The number of hydrogen-bond acceptors (Lipinski definition) is 3. The van der Waals surface area contributed by atoms with Gasteiger partial charge in [-0.2, -0.15) is 0 Å². The SMILES string of the molecule is Nc1ccc2c(c1)CC(=O)c1cc(F)ccc1O2. The maximum Gasteiger partial charge on any atom is 0.171 e. The van der Waals surface area contributed by atoms with Crippen LogP contribution in [-0.2, 0) is 6.42 Å². The van der Waals surface area contributed by atoms with Crippen molar-refractivity contribution in [3.05, 3.63) is 53.3 Å². The molecule has 1 aliphatic rings. The highest BCUT2D eigenvalue weighted by molar-refractivity contribution is 6.01. The summed E-state index contributed by atoms with van der Waals surface area (Å²) in [5.41, 5.74) is 7.24. The van der Waals surface area contributed by atoms with Crippen LogP contribution >= 0.6 is 0 Å². The number of carbonyl (C=O) groups excluding carboxylic acids is 1. The van der Waals surface area contributed by atoms with Gasteiger partial charge in [0.25, 0.3) is 0 Å². The minimum atomic E-state index is -0.448. The van der Waals surface area contributed by atoms with Crippen molar-refractivity contribution in [2.75, 3.05) is 5.73 Å². The van der Waals surface area contributed by atoms with Gasteiger partial charge in [0.05, 0.1) is 5.56 Å². The molecule has 4 heteroatoms. The minimum Gasteiger partial charge on any atom is -0.456 e. The third kappa shape index (κ3) is 1.72. The molecule has 90 valence electrons. The molecule has 3 rings (SSSR count). The zero-order valence-corrected chi connectivity index (χ0v) is 9.44. The molecule has 2 aromatic rings. The van der Waals surface area contributed by atoms with E-state index in [4.69, 9.17) is 10.5 Å². The standard InChI is InChI=1S/C14H10FNO2/c15-9-1-3-14-11(7-9)12(17)6-8-5-10(16)2-4-13(8)18-14/h1-5,7H,6,16H2. The van der Waals surface area contributed by atoms with Crippen molar-refractivity contribution in [2.24, 2.45) is 0 Å². The van der Waals surface area contributed by atoms with Crippen LogP contribution in [0.15, 0.2) is 36.4 Å². The van der Waals surface area contributed by atoms with Crippen LogP contribution in [0.2, 0.25) is 0 Å². The van der Waals surface area contributed by atoms with Crippen molar-refractivity contribution in [1.29, 1.82) is 0 Å². The van der Waals surface area contributed by atoms with E-state index in [2.05, 4.69) is 0 Å². The summed E-state index contributed by atoms with van der Waals surface area (Å²) in [5, 5.41) is 0. The highest BCUT2D eigenvalue weighted by Gasteiger charge is 2.21. The molecule has 0 amide bonds. The summed E-state index contributed by atoms with van der Waals surface area (Å²) in [6.45, 7) is 0. The van der Waals surface area contributed by atoms with Crippen LogP contribution in [0.4, 0.5) is 10.1 Å². The number of carbonyl (C=O) groups is 1. The number of nitrogen functional groups attached to an aromatic ring is 1. The lowest BCUT2D eigenvalue weighted by atomic mass is 10.0. The van der Waals surface area contributed by atoms with E-state index in [-0.39, 0.29) is 17.8 Å². The van der Waals surface area contributed by atoms with E-state index in [9.17, 15) is 9.18 Å². The lowest BCUT2D eigenvalue weighted by Crippen LogP contribution is -2.02. The van der Waals surface area contributed by atoms with Gasteiger partial charge in [-0.15, -0.1) is 0 Å². The number of benzene rings is 2. The van der Waals surface area contributed by atoms with Crippen LogP contribution in [0.1, 0.15) is 15.9 Å². The molecule has 2 N–H and O–H groups in total. The zero-order valence-electron chi connectivity index (χ0n) is 9.44. The highest BCUT2D eigenvalue weighted by Crippen LogP contribution is 2.34. The number of ether oxygens (including phenoxy) is 1. The number of rotatable bonds is 0. The maximum atomic E-state index is 13.2. The van der Waals surface area contributed by atoms with Gasteiger partial charge >= 0.3 is 0 Å². The first-order chi connectivity index (χ1) is 8.63. The second-order valence-corrected chi connectivity index (χ2v) is 4.21. The maximum absolute atomic E-state index is 13.2. The van der Waals surface area contributed by atoms with Crippen LogP contribution in [0.3, 0.4) is 0 Å². The Bertz CT molecular complexity index is 652. The summed E-state index contributed by atoms with van der Waals surface area (Å²) in [6.07, 6.45) is 0.164. The lowest BCUT2D eigenvalue weighted by Gasteiger charge is -2.08. The molecule has 0 aliphatic carbocycles. The Labute approximate surface area is 103 Å². The Kier molecular flexibility index (Phi) is 2.30. The number of Topliss-reactive ketones (excluding diaryl/α,β-unsaturated/α-hetero) is 1. The zero-order chi connectivity index (χ0) is 12.7. The van der Waals surface area contributed by atoms with Gasteiger partial charge < -0.3 is 10.5 Å². The lowest BCUT2D eigenvalue weighted by molar-refractivity contribution is 0.0993. The summed E-state index contributed by atoms with van der Waals surface area (Å²) >= 11 is 0. The molecule has 3 nitrogen and oxygen atoms in total. The van der Waals surface area contributed by atoms with E-state index in [0.29, 0.717) is 17.2 Å². The number of anilines is 1. The van der Waals surface area contributed by atoms with Crippen molar-refractivity contribution in [3.63, 3.8) is 0 Å². The van der Waals surface area contributed by atoms with Crippen LogP contribution in [0, 0.1) is 5.82 Å². The Hall–Kier alpha value is -2.36. The van der Waals surface area contributed by atoms with Gasteiger partial charge in [-0.25, -0.2) is 4.39 Å². The van der Waals surface area contributed by atoms with Crippen molar-refractivity contribution in [2.45, 2.75) is 6.42 Å². The quantitative estimate of drug-likeness (QED) is 0.724. The van der Waals surface area contributed by atoms with Crippen molar-refractivity contribution >= 4 is 11.5 Å². The predicted molar refractivity (Wildman–Crippen MR) is 65.4 cm³/mol. The largest absolute Gasteiger partial charge is 0.456 e. The van der Waals surface area contributed by atoms with Crippen LogP contribution in [0.5, 0.6) is 11.5 Å². The fourth-order valence-corrected chi connectivity index (χ4v) is 2.03. The third-order valence-electron chi connectivity index (χ3n) is 2.90. The molecule has 18 heavy (non-hydrogen) atoms. The summed E-state index contributed by atoms with van der Waals surface area (Å²) in [6, 6.07) is 9.07. The Morgan fingerprint density at radius 3 is 2.72 bits per heavy atom. The molecule has 0 spiro atoms. The van der Waals surface area contributed by atoms with Gasteiger partial charge in [-0.05, 0) is 36.4 Å². The Balaban J connectivity index is 2.16. The molecule has 2 aromatic carbocycles. The normalized spacial score (nSPS) is 13.3. The molecule has 0 bridgehead atoms. The van der Waals surface area contributed by atoms with E-state index >= 15 is 0 Å². The van der Waals surface area contributed by atoms with Gasteiger partial charge in [0, 0.05) is 17.7 Å². The molecular weight excluding hydrogens is 233 g/mol. The van der Waals surface area contributed by atoms with Crippen LogP contribution < -0.4 is 10.5 Å². The molecule has 1 aliphatic heterocycles. The molecule has 0 aromatic heterocycles. The molecule has 0 saturated heterocycles. The summed E-state index contributed by atoms with van der Waals surface area (Å²) in [4.78, 5) is 12.0. The topological polar surface area (TPSA) is 52.3 Å². The monoisotopic (exact) mass is 243 g/mol. The summed E-state index contributed by atoms with van der Waals surface area (Å²) < 4.78 is 18.8. The van der Waals surface area contributed by atoms with E-state index in [1.54, 1.807) is 18.2 Å². The van der Waals surface area contributed by atoms with Gasteiger partial charge in [0.2, 0.25) is 0 Å². The van der Waals surface area contributed by atoms with Gasteiger partial charge in [0.1, 0.15) is 17.3 Å². The number of nitrogens with two attached hydrogens (primary N) is 1. The Morgan fingerprint density at radius 1 is 1.11 bits per heavy atom. The fraction of sp³-hybridized carbons (Fsp3) is 0.0714. The van der Waals surface area contributed by atoms with E-state index < -0.39 is 5.82 Å². The molecule has 0 fully saturated rings. The molecule has 0 unspecified atom stereocenters. The van der Waals surface area contributed by atoms with Crippen molar-refractivity contribution in [1.82, 2.24) is 0 Å². The van der Waals surface area contributed by atoms with Crippen molar-refractivity contribution < 1.29 is 13.9 Å². The van der Waals surface area contributed by atoms with Gasteiger partial charge in [-0.1, -0.05) is 0 Å². The summed E-state index contributed by atoms with van der Waals surface area (Å²) in [7, 11) is 0. The average molecular weight is 243 g/mol. The van der Waals surface area contributed by atoms with Crippen molar-refractivity contribution in [3.8, 4) is 11.5 Å². The van der Waals surface area contributed by atoms with Gasteiger partial charge in [-0.3, -0.25) is 4.79 Å². The predicted octanol–water partition coefficient (Wildman–Crippen LogP) is 2.94. The fourth-order valence-electron chi connectivity index (χ4n) is 2.03. The summed E-state index contributed by atoms with van der Waals surface area (Å²) in [5.74, 6) is 0.345. The smallest absolute Gasteiger partial charge is 0.171 e. The average Bonchev–Trinajstić information content (AvgIpc) is 2.46. The number of halogens is 1. The number of fused-ring (bicyclic) bond motifs is 2. The highest BCUT2D eigenvalue weighted by atomic mass is 19.1. The van der Waals surface area contributed by atoms with Crippen LogP contribution in [0.25, 0.3) is 0 Å². The van der Waals surface area contributed by atoms with E-state index in [1.807, 2.05) is 0 Å². The molecular formula is C14H10FNO2. The molecule has 0 saturated carbocycles. The second-order valence-electron chi connectivity index (χ2n) is 4.21. The number of ketones is 1. The molecule has 0 radical (unpaired) electrons. The first-order valence-corrected chi connectivity index (χ1v) is 5.52. The van der Waals surface area contributed by atoms with E-state index in [0.717, 1.165) is 5.56 Å². The molecule has 1 heterocycles. The first-order valence-electron chi connectivity index (χ1n) is 5.52. The Morgan fingerprint density at radius 2 is 1.89 bits per heavy atom. The minimum absolute atomic E-state index is 0.164. The molecule has 0 atom stereocenters.